The first kappa shape index (κ1) is 13.1. The van der Waals surface area contributed by atoms with Gasteiger partial charge in [0.1, 0.15) is 27.6 Å². The van der Waals surface area contributed by atoms with E-state index in [0.717, 1.165) is 30.3 Å². The minimum absolute atomic E-state index is 0.339. The third-order valence-electron chi connectivity index (χ3n) is 3.02. The molecular formula is C12H14N4S2. The van der Waals surface area contributed by atoms with Gasteiger partial charge in [0.05, 0.1) is 5.69 Å². The van der Waals surface area contributed by atoms with Crippen molar-refractivity contribution in [1.29, 1.82) is 10.5 Å². The van der Waals surface area contributed by atoms with Gasteiger partial charge in [0, 0.05) is 24.1 Å². The first-order valence-electron chi connectivity index (χ1n) is 5.80. The number of anilines is 2. The number of nitrogens with two attached hydrogens (primary N) is 1. The van der Waals surface area contributed by atoms with E-state index >= 15 is 0 Å². The normalized spacial score (nSPS) is 19.3. The van der Waals surface area contributed by atoms with Crippen LogP contribution in [0.4, 0.5) is 10.7 Å². The summed E-state index contributed by atoms with van der Waals surface area (Å²) < 4.78 is 0. The summed E-state index contributed by atoms with van der Waals surface area (Å²) >= 11 is 3.31. The fraction of sp³-hybridized carbons (Fsp3) is 0.500. The molecular weight excluding hydrogens is 264 g/mol. The maximum absolute atomic E-state index is 9.20. The molecule has 6 heteroatoms. The van der Waals surface area contributed by atoms with E-state index in [1.165, 1.54) is 11.3 Å². The Morgan fingerprint density at radius 3 is 2.83 bits per heavy atom. The molecule has 4 nitrogen and oxygen atoms in total. The lowest BCUT2D eigenvalue weighted by Gasteiger charge is -2.32. The van der Waals surface area contributed by atoms with Crippen LogP contribution < -0.4 is 10.6 Å². The molecule has 1 aliphatic rings. The van der Waals surface area contributed by atoms with E-state index in [1.807, 2.05) is 11.8 Å². The zero-order valence-corrected chi connectivity index (χ0v) is 11.8. The highest BCUT2D eigenvalue weighted by molar-refractivity contribution is 8.00. The third kappa shape index (κ3) is 2.27. The Labute approximate surface area is 115 Å². The monoisotopic (exact) mass is 278 g/mol. The lowest BCUT2D eigenvalue weighted by atomic mass is 10.2. The standard InChI is InChI=1S/C12H14N4S2/c1-2-8-7-16(3-4-17-8)12-9(5-13)11(15)10(6-14)18-12/h8H,2-4,7,15H2,1H3. The van der Waals surface area contributed by atoms with Crippen LogP contribution in [-0.4, -0.2) is 24.1 Å². The first-order chi connectivity index (χ1) is 8.71. The molecule has 0 bridgehead atoms. The summed E-state index contributed by atoms with van der Waals surface area (Å²) in [7, 11) is 0. The second kappa shape index (κ2) is 5.51. The molecule has 0 aromatic carbocycles. The Morgan fingerprint density at radius 1 is 1.44 bits per heavy atom. The van der Waals surface area contributed by atoms with Crippen LogP contribution in [0.1, 0.15) is 23.8 Å². The topological polar surface area (TPSA) is 76.8 Å². The second-order valence-electron chi connectivity index (χ2n) is 4.10. The van der Waals surface area contributed by atoms with E-state index in [9.17, 15) is 5.26 Å². The summed E-state index contributed by atoms with van der Waals surface area (Å²) in [5, 5.41) is 19.7. The van der Waals surface area contributed by atoms with Gasteiger partial charge in [-0.2, -0.15) is 22.3 Å². The maximum atomic E-state index is 9.20. The van der Waals surface area contributed by atoms with Crippen LogP contribution in [0.25, 0.3) is 0 Å². The second-order valence-corrected chi connectivity index (χ2v) is 6.50. The van der Waals surface area contributed by atoms with Crippen LogP contribution in [0, 0.1) is 22.7 Å². The lowest BCUT2D eigenvalue weighted by molar-refractivity contribution is 0.732. The molecule has 0 amide bonds. The zero-order valence-electron chi connectivity index (χ0n) is 10.1. The van der Waals surface area contributed by atoms with Gasteiger partial charge in [-0.25, -0.2) is 0 Å². The van der Waals surface area contributed by atoms with E-state index in [-0.39, 0.29) is 0 Å². The number of thioether (sulfide) groups is 1. The molecule has 2 heterocycles. The van der Waals surface area contributed by atoms with Gasteiger partial charge in [-0.3, -0.25) is 0 Å². The number of nitrogens with zero attached hydrogens (tertiary/aromatic N) is 3. The van der Waals surface area contributed by atoms with Gasteiger partial charge in [-0.15, -0.1) is 11.3 Å². The molecule has 2 rings (SSSR count). The minimum atomic E-state index is 0.339. The van der Waals surface area contributed by atoms with Crippen LogP contribution in [0.3, 0.4) is 0 Å². The summed E-state index contributed by atoms with van der Waals surface area (Å²) in [6.45, 7) is 4.02. The fourth-order valence-corrected chi connectivity index (χ4v) is 4.18. The Morgan fingerprint density at radius 2 is 2.22 bits per heavy atom. The predicted molar refractivity (Wildman–Crippen MR) is 76.9 cm³/mol. The van der Waals surface area contributed by atoms with Crippen molar-refractivity contribution < 1.29 is 0 Å². The fourth-order valence-electron chi connectivity index (χ4n) is 2.00. The van der Waals surface area contributed by atoms with Crippen LogP contribution >= 0.6 is 23.1 Å². The smallest absolute Gasteiger partial charge is 0.131 e. The van der Waals surface area contributed by atoms with E-state index in [0.29, 0.717) is 21.4 Å². The highest BCUT2D eigenvalue weighted by atomic mass is 32.2. The Balaban J connectivity index is 2.34. The van der Waals surface area contributed by atoms with Crippen LogP contribution in [-0.2, 0) is 0 Å². The SMILES string of the molecule is CCC1CN(c2sc(C#N)c(N)c2C#N)CCS1. The molecule has 0 radical (unpaired) electrons. The van der Waals surface area contributed by atoms with Crippen molar-refractivity contribution >= 4 is 33.8 Å². The molecule has 1 aromatic rings. The van der Waals surface area contributed by atoms with Gasteiger partial charge in [-0.1, -0.05) is 6.92 Å². The van der Waals surface area contributed by atoms with Crippen molar-refractivity contribution in [1.82, 2.24) is 0 Å². The number of rotatable bonds is 2. The summed E-state index contributed by atoms with van der Waals surface area (Å²) in [5.41, 5.74) is 6.64. The molecule has 94 valence electrons. The summed E-state index contributed by atoms with van der Waals surface area (Å²) in [6.07, 6.45) is 1.12. The van der Waals surface area contributed by atoms with Crippen LogP contribution in [0.2, 0.25) is 0 Å². The van der Waals surface area contributed by atoms with Crippen LogP contribution in [0.15, 0.2) is 0 Å². The molecule has 1 atom stereocenters. The molecule has 1 aliphatic heterocycles. The van der Waals surface area contributed by atoms with Crippen molar-refractivity contribution in [3.8, 4) is 12.1 Å². The Kier molecular flexibility index (Phi) is 4.00. The zero-order chi connectivity index (χ0) is 13.1. The minimum Gasteiger partial charge on any atom is -0.396 e. The molecule has 2 N–H and O–H groups in total. The average molecular weight is 278 g/mol. The van der Waals surface area contributed by atoms with Crippen LogP contribution in [0.5, 0.6) is 0 Å². The van der Waals surface area contributed by atoms with Gasteiger partial charge in [0.15, 0.2) is 0 Å². The molecule has 1 unspecified atom stereocenters. The van der Waals surface area contributed by atoms with E-state index in [1.54, 1.807) is 0 Å². The summed E-state index contributed by atoms with van der Waals surface area (Å²) in [5.74, 6) is 1.06. The van der Waals surface area contributed by atoms with Crippen molar-refractivity contribution in [2.24, 2.45) is 0 Å². The molecule has 1 saturated heterocycles. The quantitative estimate of drug-likeness (QED) is 0.899. The predicted octanol–water partition coefficient (Wildman–Crippen LogP) is 2.41. The maximum Gasteiger partial charge on any atom is 0.131 e. The first-order valence-corrected chi connectivity index (χ1v) is 7.66. The van der Waals surface area contributed by atoms with E-state index < -0.39 is 0 Å². The lowest BCUT2D eigenvalue weighted by Crippen LogP contribution is -2.37. The molecule has 18 heavy (non-hydrogen) atoms. The highest BCUT2D eigenvalue weighted by Gasteiger charge is 2.25. The molecule has 0 saturated carbocycles. The summed E-state index contributed by atoms with van der Waals surface area (Å²) in [4.78, 5) is 2.65. The Hall–Kier alpha value is -1.37. The van der Waals surface area contributed by atoms with Gasteiger partial charge < -0.3 is 10.6 Å². The van der Waals surface area contributed by atoms with Crippen molar-refractivity contribution in [3.05, 3.63) is 10.4 Å². The molecule has 0 aliphatic carbocycles. The van der Waals surface area contributed by atoms with Gasteiger partial charge in [0.2, 0.25) is 0 Å². The number of thiophene rings is 1. The number of nitrogen functional groups attached to an aromatic ring is 1. The third-order valence-corrected chi connectivity index (χ3v) is 5.56. The Bertz CT molecular complexity index is 523. The molecule has 0 spiro atoms. The number of hydrogen-bond acceptors (Lipinski definition) is 6. The van der Waals surface area contributed by atoms with E-state index in [4.69, 9.17) is 11.0 Å². The van der Waals surface area contributed by atoms with Gasteiger partial charge in [-0.05, 0) is 6.42 Å². The molecule has 1 aromatic heterocycles. The van der Waals surface area contributed by atoms with Gasteiger partial charge in [0.25, 0.3) is 0 Å². The van der Waals surface area contributed by atoms with Crippen molar-refractivity contribution in [2.45, 2.75) is 18.6 Å². The van der Waals surface area contributed by atoms with Crippen molar-refractivity contribution in [3.63, 3.8) is 0 Å². The number of hydrogen-bond donors (Lipinski definition) is 1. The highest BCUT2D eigenvalue weighted by Crippen LogP contribution is 2.39. The average Bonchev–Trinajstić information content (AvgIpc) is 2.75. The van der Waals surface area contributed by atoms with E-state index in [2.05, 4.69) is 24.0 Å². The summed E-state index contributed by atoms with van der Waals surface area (Å²) in [6, 6.07) is 4.20. The number of nitriles is 2. The molecule has 1 fully saturated rings. The largest absolute Gasteiger partial charge is 0.396 e. The van der Waals surface area contributed by atoms with Crippen molar-refractivity contribution in [2.75, 3.05) is 29.5 Å². The van der Waals surface area contributed by atoms with Gasteiger partial charge >= 0.3 is 0 Å².